The highest BCUT2D eigenvalue weighted by molar-refractivity contribution is 5.74. The third kappa shape index (κ3) is 4.36. The van der Waals surface area contributed by atoms with Crippen molar-refractivity contribution in [2.75, 3.05) is 18.0 Å². The summed E-state index contributed by atoms with van der Waals surface area (Å²) in [7, 11) is 0. The van der Waals surface area contributed by atoms with Crippen molar-refractivity contribution in [2.24, 2.45) is 0 Å². The zero-order valence-electron chi connectivity index (χ0n) is 13.7. The molecule has 4 heteroatoms. The lowest BCUT2D eigenvalue weighted by Gasteiger charge is -2.18. The van der Waals surface area contributed by atoms with Crippen LogP contribution >= 0.6 is 0 Å². The van der Waals surface area contributed by atoms with Crippen LogP contribution in [-0.2, 0) is 22.6 Å². The molecule has 2 aromatic carbocycles. The predicted octanol–water partition coefficient (Wildman–Crippen LogP) is 2.93. The normalized spacial score (nSPS) is 15.3. The van der Waals surface area contributed by atoms with Gasteiger partial charge in [0.05, 0.1) is 0 Å². The zero-order chi connectivity index (χ0) is 16.8. The van der Waals surface area contributed by atoms with Crippen LogP contribution in [0.4, 0.5) is 5.69 Å². The predicted molar refractivity (Wildman–Crippen MR) is 93.8 cm³/mol. The highest BCUT2D eigenvalue weighted by Crippen LogP contribution is 2.21. The number of hydrogen-bond acceptors (Lipinski definition) is 4. The highest BCUT2D eigenvalue weighted by atomic mass is 16.5. The third-order valence-electron chi connectivity index (χ3n) is 4.33. The maximum atomic E-state index is 11.9. The monoisotopic (exact) mass is 325 g/mol. The van der Waals surface area contributed by atoms with Crippen molar-refractivity contribution < 1.29 is 14.6 Å². The van der Waals surface area contributed by atoms with Crippen LogP contribution in [0, 0.1) is 0 Å². The molecular formula is C20H23NO3. The first-order chi connectivity index (χ1) is 11.7. The van der Waals surface area contributed by atoms with Crippen molar-refractivity contribution in [1.82, 2.24) is 0 Å². The van der Waals surface area contributed by atoms with Gasteiger partial charge in [-0.3, -0.25) is 0 Å². The van der Waals surface area contributed by atoms with Gasteiger partial charge in [0.25, 0.3) is 0 Å². The maximum absolute atomic E-state index is 11.9. The van der Waals surface area contributed by atoms with Crippen molar-refractivity contribution in [1.29, 1.82) is 0 Å². The molecule has 2 aromatic rings. The second-order valence-electron chi connectivity index (χ2n) is 6.17. The second-order valence-corrected chi connectivity index (χ2v) is 6.17. The lowest BCUT2D eigenvalue weighted by Crippen LogP contribution is -2.25. The van der Waals surface area contributed by atoms with Gasteiger partial charge in [0.1, 0.15) is 6.61 Å². The number of rotatable bonds is 6. The van der Waals surface area contributed by atoms with Gasteiger partial charge in [-0.15, -0.1) is 0 Å². The van der Waals surface area contributed by atoms with E-state index in [-0.39, 0.29) is 13.0 Å². The van der Waals surface area contributed by atoms with Crippen LogP contribution in [0.25, 0.3) is 0 Å². The topological polar surface area (TPSA) is 49.8 Å². The fourth-order valence-electron chi connectivity index (χ4n) is 2.95. The number of ether oxygens (including phenoxy) is 1. The van der Waals surface area contributed by atoms with Gasteiger partial charge in [-0.2, -0.15) is 0 Å². The fraction of sp³-hybridized carbons (Fsp3) is 0.350. The van der Waals surface area contributed by atoms with Gasteiger partial charge >= 0.3 is 5.97 Å². The summed E-state index contributed by atoms with van der Waals surface area (Å²) in [5, 5.41) is 10.0. The van der Waals surface area contributed by atoms with E-state index in [2.05, 4.69) is 17.0 Å². The van der Waals surface area contributed by atoms with Gasteiger partial charge in [0.2, 0.25) is 0 Å². The molecule has 0 spiro atoms. The number of aliphatic hydroxyl groups excluding tert-OH is 1. The van der Waals surface area contributed by atoms with Crippen LogP contribution in [0.15, 0.2) is 54.6 Å². The molecule has 1 aliphatic rings. The van der Waals surface area contributed by atoms with Crippen molar-refractivity contribution in [2.45, 2.75) is 32.0 Å². The summed E-state index contributed by atoms with van der Waals surface area (Å²) in [6.07, 6.45) is 1.63. The fourth-order valence-corrected chi connectivity index (χ4v) is 2.95. The van der Waals surface area contributed by atoms with E-state index >= 15 is 0 Å². The Hall–Kier alpha value is -2.33. The molecule has 4 nitrogen and oxygen atoms in total. The largest absolute Gasteiger partial charge is 0.459 e. The van der Waals surface area contributed by atoms with Crippen LogP contribution in [-0.4, -0.2) is 30.3 Å². The Labute approximate surface area is 142 Å². The van der Waals surface area contributed by atoms with Crippen LogP contribution in [0.1, 0.15) is 24.0 Å². The Kier molecular flexibility index (Phi) is 5.49. The molecule has 24 heavy (non-hydrogen) atoms. The molecule has 1 fully saturated rings. The number of esters is 1. The number of hydrogen-bond donors (Lipinski definition) is 1. The molecule has 1 atom stereocenters. The number of aliphatic hydroxyl groups is 1. The van der Waals surface area contributed by atoms with E-state index in [4.69, 9.17) is 4.74 Å². The van der Waals surface area contributed by atoms with Crippen LogP contribution in [0.2, 0.25) is 0 Å². The molecule has 0 aliphatic carbocycles. The SMILES string of the molecule is O=C(OCc1ccccc1)C(O)Cc1ccc(N2CCCC2)cc1. The molecule has 1 aliphatic heterocycles. The first kappa shape index (κ1) is 16.5. The summed E-state index contributed by atoms with van der Waals surface area (Å²) in [6, 6.07) is 17.5. The van der Waals surface area contributed by atoms with E-state index < -0.39 is 12.1 Å². The Balaban J connectivity index is 1.50. The average Bonchev–Trinajstić information content (AvgIpc) is 3.16. The minimum absolute atomic E-state index is 0.185. The lowest BCUT2D eigenvalue weighted by atomic mass is 10.1. The quantitative estimate of drug-likeness (QED) is 0.830. The molecule has 1 N–H and O–H groups in total. The molecule has 0 bridgehead atoms. The van der Waals surface area contributed by atoms with Gasteiger partial charge < -0.3 is 14.7 Å². The first-order valence-corrected chi connectivity index (χ1v) is 8.45. The average molecular weight is 325 g/mol. The minimum atomic E-state index is -1.13. The van der Waals surface area contributed by atoms with Crippen LogP contribution in [0.3, 0.4) is 0 Å². The molecule has 126 valence electrons. The summed E-state index contributed by atoms with van der Waals surface area (Å²) >= 11 is 0. The Morgan fingerprint density at radius 2 is 1.67 bits per heavy atom. The highest BCUT2D eigenvalue weighted by Gasteiger charge is 2.18. The molecule has 0 saturated carbocycles. The number of benzene rings is 2. The number of carbonyl (C=O) groups excluding carboxylic acids is 1. The summed E-state index contributed by atoms with van der Waals surface area (Å²) in [6.45, 7) is 2.40. The van der Waals surface area contributed by atoms with Crippen molar-refractivity contribution in [3.63, 3.8) is 0 Å². The molecule has 0 radical (unpaired) electrons. The molecule has 1 unspecified atom stereocenters. The zero-order valence-corrected chi connectivity index (χ0v) is 13.7. The summed E-state index contributed by atoms with van der Waals surface area (Å²) in [5.74, 6) is -0.581. The summed E-state index contributed by atoms with van der Waals surface area (Å²) in [5.41, 5.74) is 3.05. The lowest BCUT2D eigenvalue weighted by molar-refractivity contribution is -0.154. The summed E-state index contributed by atoms with van der Waals surface area (Å²) < 4.78 is 5.17. The Morgan fingerprint density at radius 3 is 2.33 bits per heavy atom. The standard InChI is InChI=1S/C20H23NO3/c22-19(20(23)24-15-17-6-2-1-3-7-17)14-16-8-10-18(11-9-16)21-12-4-5-13-21/h1-3,6-11,19,22H,4-5,12-15H2. The van der Waals surface area contributed by atoms with E-state index in [9.17, 15) is 9.90 Å². The number of carbonyl (C=O) groups is 1. The van der Waals surface area contributed by atoms with Gasteiger partial charge in [-0.05, 0) is 36.1 Å². The smallest absolute Gasteiger partial charge is 0.335 e. The van der Waals surface area contributed by atoms with E-state index in [0.717, 1.165) is 24.2 Å². The summed E-state index contributed by atoms with van der Waals surface area (Å²) in [4.78, 5) is 14.3. The van der Waals surface area contributed by atoms with Crippen LogP contribution in [0.5, 0.6) is 0 Å². The molecule has 0 aromatic heterocycles. The molecule has 1 heterocycles. The molecule has 3 rings (SSSR count). The maximum Gasteiger partial charge on any atom is 0.335 e. The van der Waals surface area contributed by atoms with Gasteiger partial charge in [0.15, 0.2) is 6.10 Å². The van der Waals surface area contributed by atoms with E-state index in [1.807, 2.05) is 42.5 Å². The van der Waals surface area contributed by atoms with E-state index in [0.29, 0.717) is 0 Å². The molecule has 1 saturated heterocycles. The van der Waals surface area contributed by atoms with Crippen LogP contribution < -0.4 is 4.90 Å². The number of anilines is 1. The second kappa shape index (κ2) is 7.97. The van der Waals surface area contributed by atoms with Gasteiger partial charge in [-0.1, -0.05) is 42.5 Å². The van der Waals surface area contributed by atoms with E-state index in [1.165, 1.54) is 18.5 Å². The molecule has 0 amide bonds. The van der Waals surface area contributed by atoms with Gasteiger partial charge in [0, 0.05) is 25.2 Å². The van der Waals surface area contributed by atoms with Crippen molar-refractivity contribution >= 4 is 11.7 Å². The van der Waals surface area contributed by atoms with Gasteiger partial charge in [-0.25, -0.2) is 4.79 Å². The first-order valence-electron chi connectivity index (χ1n) is 8.45. The minimum Gasteiger partial charge on any atom is -0.459 e. The van der Waals surface area contributed by atoms with E-state index in [1.54, 1.807) is 0 Å². The Morgan fingerprint density at radius 1 is 1.00 bits per heavy atom. The van der Waals surface area contributed by atoms with Crippen molar-refractivity contribution in [3.8, 4) is 0 Å². The molecular weight excluding hydrogens is 302 g/mol. The Bertz CT molecular complexity index is 648. The van der Waals surface area contributed by atoms with Crippen molar-refractivity contribution in [3.05, 3.63) is 65.7 Å². The third-order valence-corrected chi connectivity index (χ3v) is 4.33. The number of nitrogens with zero attached hydrogens (tertiary/aromatic N) is 1.